The summed E-state index contributed by atoms with van der Waals surface area (Å²) in [6.07, 6.45) is 2.76. The maximum atomic E-state index is 13.3. The molecular weight excluding hydrogens is 409 g/mol. The van der Waals surface area contributed by atoms with Crippen molar-refractivity contribution in [2.75, 3.05) is 14.2 Å². The summed E-state index contributed by atoms with van der Waals surface area (Å²) in [4.78, 5) is 17.8. The summed E-state index contributed by atoms with van der Waals surface area (Å²) in [5, 5.41) is 4.61. The summed E-state index contributed by atoms with van der Waals surface area (Å²) in [6, 6.07) is 12.0. The molecule has 1 unspecified atom stereocenters. The van der Waals surface area contributed by atoms with Crippen molar-refractivity contribution >= 4 is 11.4 Å². The fourth-order valence-corrected chi connectivity index (χ4v) is 4.45. The monoisotopic (exact) mass is 431 g/mol. The minimum absolute atomic E-state index is 0.0239. The van der Waals surface area contributed by atoms with Gasteiger partial charge in [0.1, 0.15) is 5.82 Å². The largest absolute Gasteiger partial charge is 0.493 e. The lowest BCUT2D eigenvalue weighted by Gasteiger charge is -2.23. The van der Waals surface area contributed by atoms with E-state index in [9.17, 15) is 9.18 Å². The normalized spacial score (nSPS) is 15.6. The van der Waals surface area contributed by atoms with Crippen molar-refractivity contribution < 1.29 is 18.7 Å². The van der Waals surface area contributed by atoms with E-state index in [1.807, 2.05) is 25.1 Å². The van der Waals surface area contributed by atoms with Crippen LogP contribution in [0.15, 0.2) is 48.7 Å². The molecule has 0 radical (unpaired) electrons. The number of hydrogen-bond donors (Lipinski definition) is 0. The first kappa shape index (κ1) is 20.2. The maximum absolute atomic E-state index is 13.3. The van der Waals surface area contributed by atoms with Crippen LogP contribution in [-0.2, 0) is 6.42 Å². The number of ketones is 1. The van der Waals surface area contributed by atoms with Crippen molar-refractivity contribution in [2.45, 2.75) is 25.7 Å². The predicted molar refractivity (Wildman–Crippen MR) is 118 cm³/mol. The molecule has 6 nitrogen and oxygen atoms in total. The second kappa shape index (κ2) is 7.75. The Hall–Kier alpha value is -3.74. The van der Waals surface area contributed by atoms with E-state index in [-0.39, 0.29) is 17.5 Å². The smallest absolute Gasteiger partial charge is 0.166 e. The van der Waals surface area contributed by atoms with E-state index in [1.165, 1.54) is 12.1 Å². The predicted octanol–water partition coefficient (Wildman–Crippen LogP) is 4.77. The van der Waals surface area contributed by atoms with Gasteiger partial charge in [-0.3, -0.25) is 4.79 Å². The molecule has 1 aliphatic rings. The third-order valence-corrected chi connectivity index (χ3v) is 6.05. The lowest BCUT2D eigenvalue weighted by molar-refractivity contribution is 0.0962. The molecule has 0 saturated heterocycles. The molecule has 0 aliphatic heterocycles. The quantitative estimate of drug-likeness (QED) is 0.466. The highest BCUT2D eigenvalue weighted by Gasteiger charge is 2.29. The van der Waals surface area contributed by atoms with E-state index in [4.69, 9.17) is 14.5 Å². The third kappa shape index (κ3) is 3.30. The second-order valence-electron chi connectivity index (χ2n) is 7.98. The van der Waals surface area contributed by atoms with Crippen molar-refractivity contribution in [3.63, 3.8) is 0 Å². The van der Waals surface area contributed by atoms with Crippen LogP contribution in [0.25, 0.3) is 16.8 Å². The first-order valence-corrected chi connectivity index (χ1v) is 10.4. The molecule has 32 heavy (non-hydrogen) atoms. The Balaban J connectivity index is 1.61. The van der Waals surface area contributed by atoms with Crippen LogP contribution in [0.4, 0.5) is 4.39 Å². The van der Waals surface area contributed by atoms with Crippen LogP contribution in [0.3, 0.4) is 0 Å². The first-order chi connectivity index (χ1) is 15.5. The zero-order chi connectivity index (χ0) is 22.4. The number of carbonyl (C=O) groups excluding carboxylic acids is 1. The minimum atomic E-state index is -0.287. The Labute approximate surface area is 184 Å². The van der Waals surface area contributed by atoms with Gasteiger partial charge in [0.25, 0.3) is 0 Å². The molecule has 2 aromatic heterocycles. The topological polar surface area (TPSA) is 65.7 Å². The number of carbonyl (C=O) groups is 1. The van der Waals surface area contributed by atoms with Crippen LogP contribution < -0.4 is 9.47 Å². The molecule has 0 spiro atoms. The molecule has 0 saturated carbocycles. The molecule has 1 aliphatic carbocycles. The fourth-order valence-electron chi connectivity index (χ4n) is 4.45. The van der Waals surface area contributed by atoms with Gasteiger partial charge in [-0.2, -0.15) is 5.10 Å². The van der Waals surface area contributed by atoms with Crippen LogP contribution in [0.2, 0.25) is 0 Å². The van der Waals surface area contributed by atoms with E-state index in [2.05, 4.69) is 5.10 Å². The Morgan fingerprint density at radius 1 is 1.03 bits per heavy atom. The van der Waals surface area contributed by atoms with Crippen molar-refractivity contribution in [1.29, 1.82) is 0 Å². The van der Waals surface area contributed by atoms with Crippen molar-refractivity contribution in [1.82, 2.24) is 14.6 Å². The number of Topliss-reactive ketones (excluding diaryl/α,β-unsaturated/α-hetero) is 1. The standard InChI is InChI=1S/C25H22FN3O3/c1-14-24(16-6-9-22(31-2)23(12-16)32-3)25-27-20-10-17(15-4-7-18(26)8-5-15)11-21(30)19(20)13-29(25)28-14/h4-9,12-13,17H,10-11H2,1-3H3. The lowest BCUT2D eigenvalue weighted by atomic mass is 9.82. The Morgan fingerprint density at radius 2 is 1.78 bits per heavy atom. The van der Waals surface area contributed by atoms with E-state index in [0.29, 0.717) is 35.6 Å². The third-order valence-electron chi connectivity index (χ3n) is 6.05. The van der Waals surface area contributed by atoms with Crippen molar-refractivity contribution in [3.05, 3.63) is 77.0 Å². The number of hydrogen-bond acceptors (Lipinski definition) is 5. The molecule has 1 atom stereocenters. The molecule has 5 rings (SSSR count). The molecule has 0 bridgehead atoms. The number of aromatic nitrogens is 3. The van der Waals surface area contributed by atoms with Gasteiger partial charge in [0.2, 0.25) is 0 Å². The van der Waals surface area contributed by atoms with E-state index < -0.39 is 0 Å². The number of benzene rings is 2. The molecule has 0 N–H and O–H groups in total. The molecular formula is C25H22FN3O3. The van der Waals surface area contributed by atoms with E-state index >= 15 is 0 Å². The number of fused-ring (bicyclic) bond motifs is 2. The summed E-state index contributed by atoms with van der Waals surface area (Å²) in [5.74, 6) is 0.969. The molecule has 7 heteroatoms. The van der Waals surface area contributed by atoms with Gasteiger partial charge in [0.15, 0.2) is 22.9 Å². The number of aryl methyl sites for hydroxylation is 1. The summed E-state index contributed by atoms with van der Waals surface area (Å²) in [7, 11) is 3.20. The lowest BCUT2D eigenvalue weighted by Crippen LogP contribution is -2.21. The first-order valence-electron chi connectivity index (χ1n) is 10.4. The highest BCUT2D eigenvalue weighted by Crippen LogP contribution is 2.37. The average molecular weight is 431 g/mol. The average Bonchev–Trinajstić information content (AvgIpc) is 3.12. The minimum Gasteiger partial charge on any atom is -0.493 e. The summed E-state index contributed by atoms with van der Waals surface area (Å²) in [6.45, 7) is 1.92. The van der Waals surface area contributed by atoms with Gasteiger partial charge in [0.05, 0.1) is 31.2 Å². The van der Waals surface area contributed by atoms with Crippen molar-refractivity contribution in [3.8, 4) is 22.6 Å². The second-order valence-corrected chi connectivity index (χ2v) is 7.98. The summed E-state index contributed by atoms with van der Waals surface area (Å²) < 4.78 is 25.8. The highest BCUT2D eigenvalue weighted by molar-refractivity contribution is 5.99. The number of methoxy groups -OCH3 is 2. The van der Waals surface area contributed by atoms with Gasteiger partial charge in [-0.1, -0.05) is 18.2 Å². The van der Waals surface area contributed by atoms with Crippen LogP contribution in [-0.4, -0.2) is 34.6 Å². The van der Waals surface area contributed by atoms with Gasteiger partial charge in [-0.05, 0) is 54.7 Å². The SMILES string of the molecule is COc1ccc(-c2c(C)nn3cc4c(nc23)CC(c2ccc(F)cc2)CC4=O)cc1OC. The Bertz CT molecular complexity index is 1350. The number of ether oxygens (including phenoxy) is 2. The molecule has 2 aromatic carbocycles. The summed E-state index contributed by atoms with van der Waals surface area (Å²) in [5.41, 5.74) is 5.54. The zero-order valence-electron chi connectivity index (χ0n) is 18.1. The number of halogens is 1. The Kier molecular flexibility index (Phi) is 4.89. The Morgan fingerprint density at radius 3 is 2.50 bits per heavy atom. The zero-order valence-corrected chi connectivity index (χ0v) is 18.1. The van der Waals surface area contributed by atoms with Gasteiger partial charge < -0.3 is 9.47 Å². The highest BCUT2D eigenvalue weighted by atomic mass is 19.1. The van der Waals surface area contributed by atoms with Crippen LogP contribution in [0.1, 0.15) is 39.6 Å². The van der Waals surface area contributed by atoms with E-state index in [1.54, 1.807) is 37.1 Å². The molecule has 0 amide bonds. The molecule has 2 heterocycles. The fraction of sp³-hybridized carbons (Fsp3) is 0.240. The molecule has 162 valence electrons. The van der Waals surface area contributed by atoms with Gasteiger partial charge in [-0.15, -0.1) is 0 Å². The van der Waals surface area contributed by atoms with Crippen LogP contribution in [0, 0.1) is 12.7 Å². The van der Waals surface area contributed by atoms with Gasteiger partial charge in [-0.25, -0.2) is 13.9 Å². The molecule has 0 fully saturated rings. The molecule has 4 aromatic rings. The van der Waals surface area contributed by atoms with E-state index in [0.717, 1.165) is 28.1 Å². The number of rotatable bonds is 4. The van der Waals surface area contributed by atoms with Crippen molar-refractivity contribution in [2.24, 2.45) is 0 Å². The van der Waals surface area contributed by atoms with Gasteiger partial charge >= 0.3 is 0 Å². The number of nitrogens with zero attached hydrogens (tertiary/aromatic N) is 3. The summed E-state index contributed by atoms with van der Waals surface area (Å²) >= 11 is 0. The van der Waals surface area contributed by atoms with Crippen LogP contribution in [0.5, 0.6) is 11.5 Å². The maximum Gasteiger partial charge on any atom is 0.166 e. The van der Waals surface area contributed by atoms with Crippen LogP contribution >= 0.6 is 0 Å². The van der Waals surface area contributed by atoms with Gasteiger partial charge in [0, 0.05) is 18.2 Å².